The van der Waals surface area contributed by atoms with Crippen LogP contribution in [-0.4, -0.2) is 26.9 Å². The monoisotopic (exact) mass is 368 g/mol. The van der Waals surface area contributed by atoms with Gasteiger partial charge in [-0.2, -0.15) is 15.0 Å². The predicted octanol–water partition coefficient (Wildman–Crippen LogP) is 3.66. The molecule has 0 saturated carbocycles. The molecule has 1 aromatic heterocycles. The molecule has 1 atom stereocenters. The number of aromatic nitrogens is 3. The van der Waals surface area contributed by atoms with Crippen LogP contribution < -0.4 is 10.1 Å². The smallest absolute Gasteiger partial charge is 0.251 e. The highest BCUT2D eigenvalue weighted by Gasteiger charge is 2.19. The Labute approximate surface area is 157 Å². The van der Waals surface area contributed by atoms with Crippen molar-refractivity contribution in [2.75, 3.05) is 0 Å². The van der Waals surface area contributed by atoms with E-state index in [9.17, 15) is 9.18 Å². The van der Waals surface area contributed by atoms with Crippen LogP contribution in [0.25, 0.3) is 0 Å². The zero-order valence-electron chi connectivity index (χ0n) is 15.2. The van der Waals surface area contributed by atoms with E-state index in [-0.39, 0.29) is 23.7 Å². The van der Waals surface area contributed by atoms with Crippen molar-refractivity contribution < 1.29 is 13.9 Å². The number of nitrogens with one attached hydrogen (secondary N) is 1. The molecule has 1 amide bonds. The van der Waals surface area contributed by atoms with Crippen molar-refractivity contribution in [3.63, 3.8) is 0 Å². The number of carbonyl (C=O) groups excluding carboxylic acids is 1. The number of amides is 1. The molecule has 1 heterocycles. The summed E-state index contributed by atoms with van der Waals surface area (Å²) in [5.74, 6) is 0.675. The first-order chi connectivity index (χ1) is 13.0. The Hall–Kier alpha value is -3.22. The molecule has 2 aromatic carbocycles. The van der Waals surface area contributed by atoms with Crippen LogP contribution in [-0.2, 0) is 6.54 Å². The Kier molecular flexibility index (Phi) is 5.80. The Bertz CT molecular complexity index is 879. The Morgan fingerprint density at radius 1 is 1.11 bits per heavy atom. The minimum absolute atomic E-state index is 0.119. The van der Waals surface area contributed by atoms with Crippen LogP contribution in [0.1, 0.15) is 24.2 Å². The average molecular weight is 368 g/mol. The van der Waals surface area contributed by atoms with Crippen LogP contribution in [0.15, 0.2) is 60.9 Å². The molecule has 0 bridgehead atoms. The minimum atomic E-state index is -0.332. The van der Waals surface area contributed by atoms with Gasteiger partial charge in [-0.1, -0.05) is 19.9 Å². The van der Waals surface area contributed by atoms with Gasteiger partial charge < -0.3 is 10.1 Å². The number of rotatable bonds is 7. The lowest BCUT2D eigenvalue weighted by Gasteiger charge is -2.22. The lowest BCUT2D eigenvalue weighted by Crippen LogP contribution is -2.42. The minimum Gasteiger partial charge on any atom is -0.457 e. The van der Waals surface area contributed by atoms with E-state index < -0.39 is 0 Å². The predicted molar refractivity (Wildman–Crippen MR) is 99.0 cm³/mol. The molecule has 6 nitrogen and oxygen atoms in total. The average Bonchev–Trinajstić information content (AvgIpc) is 3.16. The fourth-order valence-corrected chi connectivity index (χ4v) is 2.53. The molecule has 0 saturated heterocycles. The number of nitrogens with zero attached hydrogens (tertiary/aromatic N) is 3. The first-order valence-corrected chi connectivity index (χ1v) is 8.70. The summed E-state index contributed by atoms with van der Waals surface area (Å²) in [6.45, 7) is 4.55. The van der Waals surface area contributed by atoms with E-state index in [0.29, 0.717) is 23.6 Å². The van der Waals surface area contributed by atoms with E-state index in [0.717, 1.165) is 0 Å². The summed E-state index contributed by atoms with van der Waals surface area (Å²) < 4.78 is 18.7. The fourth-order valence-electron chi connectivity index (χ4n) is 2.53. The van der Waals surface area contributed by atoms with Crippen molar-refractivity contribution >= 4 is 5.91 Å². The number of hydrogen-bond acceptors (Lipinski definition) is 4. The number of ether oxygens (including phenoxy) is 1. The van der Waals surface area contributed by atoms with Gasteiger partial charge in [0.05, 0.1) is 25.0 Å². The molecule has 0 spiro atoms. The van der Waals surface area contributed by atoms with Gasteiger partial charge in [0.2, 0.25) is 0 Å². The highest BCUT2D eigenvalue weighted by atomic mass is 19.1. The van der Waals surface area contributed by atoms with E-state index in [1.165, 1.54) is 24.3 Å². The molecule has 7 heteroatoms. The molecule has 0 fully saturated rings. The highest BCUT2D eigenvalue weighted by molar-refractivity contribution is 5.94. The first kappa shape index (κ1) is 18.6. The third-order valence-corrected chi connectivity index (χ3v) is 4.09. The number of halogens is 1. The first-order valence-electron chi connectivity index (χ1n) is 8.70. The number of carbonyl (C=O) groups is 1. The summed E-state index contributed by atoms with van der Waals surface area (Å²) in [7, 11) is 0. The molecule has 140 valence electrons. The summed E-state index contributed by atoms with van der Waals surface area (Å²) >= 11 is 0. The normalized spacial score (nSPS) is 12.0. The van der Waals surface area contributed by atoms with Crippen LogP contribution in [0.4, 0.5) is 4.39 Å². The van der Waals surface area contributed by atoms with E-state index in [2.05, 4.69) is 15.5 Å². The fraction of sp³-hybridized carbons (Fsp3) is 0.250. The topological polar surface area (TPSA) is 69.0 Å². The molecule has 0 aliphatic heterocycles. The van der Waals surface area contributed by atoms with Crippen LogP contribution in [0.3, 0.4) is 0 Å². The van der Waals surface area contributed by atoms with Gasteiger partial charge in [-0.15, -0.1) is 0 Å². The lowest BCUT2D eigenvalue weighted by molar-refractivity contribution is 0.0917. The molecule has 0 radical (unpaired) electrons. The maximum atomic E-state index is 13.0. The summed E-state index contributed by atoms with van der Waals surface area (Å²) in [5, 5.41) is 11.2. The van der Waals surface area contributed by atoms with Gasteiger partial charge in [0, 0.05) is 5.56 Å². The third-order valence-electron chi connectivity index (χ3n) is 4.09. The van der Waals surface area contributed by atoms with Crippen LogP contribution in [0, 0.1) is 11.7 Å². The van der Waals surface area contributed by atoms with E-state index in [1.807, 2.05) is 13.8 Å². The Morgan fingerprint density at radius 3 is 2.48 bits per heavy atom. The molecule has 1 N–H and O–H groups in total. The van der Waals surface area contributed by atoms with Crippen molar-refractivity contribution in [2.24, 2.45) is 5.92 Å². The van der Waals surface area contributed by atoms with E-state index in [4.69, 9.17) is 4.74 Å². The lowest BCUT2D eigenvalue weighted by atomic mass is 10.0. The van der Waals surface area contributed by atoms with E-state index >= 15 is 0 Å². The third kappa shape index (κ3) is 5.13. The largest absolute Gasteiger partial charge is 0.457 e. The van der Waals surface area contributed by atoms with Crippen molar-refractivity contribution in [1.29, 1.82) is 0 Å². The zero-order chi connectivity index (χ0) is 19.2. The molecule has 0 aliphatic rings. The number of hydrogen-bond donors (Lipinski definition) is 1. The molecule has 27 heavy (non-hydrogen) atoms. The van der Waals surface area contributed by atoms with Crippen LogP contribution >= 0.6 is 0 Å². The Balaban J connectivity index is 1.69. The zero-order valence-corrected chi connectivity index (χ0v) is 15.2. The van der Waals surface area contributed by atoms with Gasteiger partial charge in [-0.25, -0.2) is 4.39 Å². The molecule has 3 aromatic rings. The molecular weight excluding hydrogens is 347 g/mol. The second kappa shape index (κ2) is 8.44. The molecule has 1 unspecified atom stereocenters. The van der Waals surface area contributed by atoms with Gasteiger partial charge in [-0.3, -0.25) is 4.79 Å². The molecule has 3 rings (SSSR count). The highest BCUT2D eigenvalue weighted by Crippen LogP contribution is 2.22. The second-order valence-electron chi connectivity index (χ2n) is 6.49. The van der Waals surface area contributed by atoms with Crippen molar-refractivity contribution in [2.45, 2.75) is 26.4 Å². The van der Waals surface area contributed by atoms with Gasteiger partial charge in [0.15, 0.2) is 0 Å². The van der Waals surface area contributed by atoms with Crippen molar-refractivity contribution in [3.8, 4) is 11.5 Å². The summed E-state index contributed by atoms with van der Waals surface area (Å²) in [6, 6.07) is 12.5. The van der Waals surface area contributed by atoms with Gasteiger partial charge in [0.1, 0.15) is 17.3 Å². The quantitative estimate of drug-likeness (QED) is 0.691. The summed E-state index contributed by atoms with van der Waals surface area (Å²) in [4.78, 5) is 14.2. The summed E-state index contributed by atoms with van der Waals surface area (Å²) in [5.41, 5.74) is 0.480. The van der Waals surface area contributed by atoms with Crippen molar-refractivity contribution in [1.82, 2.24) is 20.3 Å². The van der Waals surface area contributed by atoms with E-state index in [1.54, 1.807) is 41.5 Å². The van der Waals surface area contributed by atoms with Crippen LogP contribution in [0.2, 0.25) is 0 Å². The molecule has 0 aliphatic carbocycles. The number of benzene rings is 2. The SMILES string of the molecule is CC(C)C(Cn1nccn1)NC(=O)c1cccc(Oc2ccc(F)cc2)c1. The maximum Gasteiger partial charge on any atom is 0.251 e. The maximum absolute atomic E-state index is 13.0. The van der Waals surface area contributed by atoms with Gasteiger partial charge in [0.25, 0.3) is 5.91 Å². The second-order valence-corrected chi connectivity index (χ2v) is 6.49. The van der Waals surface area contributed by atoms with Gasteiger partial charge >= 0.3 is 0 Å². The standard InChI is InChI=1S/C20H21FN4O2/c1-14(2)19(13-25-22-10-11-23-25)24-20(26)15-4-3-5-18(12-15)27-17-8-6-16(21)7-9-17/h3-12,14,19H,13H2,1-2H3,(H,24,26). The Morgan fingerprint density at radius 2 is 1.81 bits per heavy atom. The van der Waals surface area contributed by atoms with Crippen molar-refractivity contribution in [3.05, 3.63) is 72.3 Å². The summed E-state index contributed by atoms with van der Waals surface area (Å²) in [6.07, 6.45) is 3.21. The molecular formula is C20H21FN4O2. The van der Waals surface area contributed by atoms with Gasteiger partial charge in [-0.05, 0) is 48.4 Å². The van der Waals surface area contributed by atoms with Crippen LogP contribution in [0.5, 0.6) is 11.5 Å².